The number of carbonyl (C=O) groups is 1. The molecule has 0 saturated carbocycles. The Morgan fingerprint density at radius 2 is 1.94 bits per heavy atom. The van der Waals surface area contributed by atoms with Crippen LogP contribution in [0.15, 0.2) is 22.7 Å². The summed E-state index contributed by atoms with van der Waals surface area (Å²) in [6.45, 7) is 7.74. The number of nitrogens with one attached hydrogen (secondary N) is 1. The third-order valence-electron chi connectivity index (χ3n) is 2.21. The van der Waals surface area contributed by atoms with Crippen LogP contribution >= 0.6 is 15.9 Å². The smallest absolute Gasteiger partial charge is 0.412 e. The van der Waals surface area contributed by atoms with Crippen molar-refractivity contribution in [2.24, 2.45) is 0 Å². The number of fused-ring (bicyclic) bond motifs is 1. The Balaban J connectivity index is 0.000000606. The molecule has 3 nitrogen and oxygen atoms in total. The summed E-state index contributed by atoms with van der Waals surface area (Å²) >= 11 is 3.39. The maximum absolute atomic E-state index is 11.2. The van der Waals surface area contributed by atoms with E-state index in [1.807, 2.05) is 45.9 Å². The molecule has 16 heavy (non-hydrogen) atoms. The van der Waals surface area contributed by atoms with E-state index >= 15 is 0 Å². The molecule has 1 amide bonds. The van der Waals surface area contributed by atoms with Gasteiger partial charge in [-0.2, -0.15) is 0 Å². The van der Waals surface area contributed by atoms with Crippen LogP contribution in [0.1, 0.15) is 33.3 Å². The molecule has 88 valence electrons. The summed E-state index contributed by atoms with van der Waals surface area (Å²) in [5.41, 5.74) is 1.22. The lowest BCUT2D eigenvalue weighted by molar-refractivity contribution is 0.0420. The summed E-state index contributed by atoms with van der Waals surface area (Å²) in [5.74, 6) is 0. The van der Waals surface area contributed by atoms with Gasteiger partial charge in [0.15, 0.2) is 0 Å². The number of carbonyl (C=O) groups excluding carboxylic acids is 1. The van der Waals surface area contributed by atoms with E-state index in [9.17, 15) is 4.79 Å². The Bertz CT molecular complexity index is 402. The second-order valence-electron chi connectivity index (χ2n) is 3.71. The highest BCUT2D eigenvalue weighted by Crippen LogP contribution is 2.36. The van der Waals surface area contributed by atoms with Gasteiger partial charge in [0.05, 0.1) is 5.69 Å². The largest absolute Gasteiger partial charge is 0.438 e. The molecular weight excluding hydrogens is 270 g/mol. The molecule has 1 heterocycles. The maximum Gasteiger partial charge on any atom is 0.412 e. The van der Waals surface area contributed by atoms with Gasteiger partial charge >= 0.3 is 6.09 Å². The predicted octanol–water partition coefficient (Wildman–Crippen LogP) is 4.27. The summed E-state index contributed by atoms with van der Waals surface area (Å²) in [7, 11) is 0. The fourth-order valence-corrected chi connectivity index (χ4v) is 1.91. The number of hydrogen-bond acceptors (Lipinski definition) is 2. The zero-order chi connectivity index (χ0) is 12.3. The Morgan fingerprint density at radius 3 is 2.56 bits per heavy atom. The van der Waals surface area contributed by atoms with E-state index in [1.54, 1.807) is 0 Å². The van der Waals surface area contributed by atoms with Crippen LogP contribution in [0.25, 0.3) is 0 Å². The van der Waals surface area contributed by atoms with Gasteiger partial charge in [-0.3, -0.25) is 5.32 Å². The number of anilines is 1. The topological polar surface area (TPSA) is 38.3 Å². The van der Waals surface area contributed by atoms with Gasteiger partial charge in [-0.15, -0.1) is 0 Å². The third-order valence-corrected chi connectivity index (χ3v) is 2.71. The quantitative estimate of drug-likeness (QED) is 0.773. The molecule has 1 aliphatic heterocycles. The van der Waals surface area contributed by atoms with Crippen molar-refractivity contribution >= 4 is 27.7 Å². The molecule has 0 fully saturated rings. The summed E-state index contributed by atoms with van der Waals surface area (Å²) in [5, 5.41) is 2.66. The number of benzene rings is 1. The van der Waals surface area contributed by atoms with Crippen LogP contribution in [0, 0.1) is 0 Å². The number of ether oxygens (including phenoxy) is 1. The molecule has 1 N–H and O–H groups in total. The van der Waals surface area contributed by atoms with E-state index in [4.69, 9.17) is 4.74 Å². The lowest BCUT2D eigenvalue weighted by Gasteiger charge is -2.32. The van der Waals surface area contributed by atoms with Gasteiger partial charge in [-0.1, -0.05) is 29.8 Å². The lowest BCUT2D eigenvalue weighted by Crippen LogP contribution is -2.34. The van der Waals surface area contributed by atoms with Crippen molar-refractivity contribution in [3.8, 4) is 0 Å². The highest BCUT2D eigenvalue weighted by Gasteiger charge is 2.33. The Kier molecular flexibility index (Phi) is 3.97. The molecule has 1 aliphatic rings. The average Bonchev–Trinajstić information content (AvgIpc) is 2.21. The molecule has 0 radical (unpaired) electrons. The molecular formula is C12H16BrNO2. The Labute approximate surface area is 104 Å². The number of cyclic esters (lactones) is 1. The number of rotatable bonds is 0. The standard InChI is InChI=1S/C10H10BrNO2.C2H6/c1-10(2)7-5-6(11)3-4-8(7)12-9(13)14-10;1-2/h3-5H,1-2H3,(H,12,13);1-2H3. The highest BCUT2D eigenvalue weighted by atomic mass is 79.9. The van der Waals surface area contributed by atoms with Crippen LogP contribution in [-0.2, 0) is 10.3 Å². The second-order valence-corrected chi connectivity index (χ2v) is 4.63. The van der Waals surface area contributed by atoms with Crippen molar-refractivity contribution in [1.29, 1.82) is 0 Å². The van der Waals surface area contributed by atoms with Crippen LogP contribution in [-0.4, -0.2) is 6.09 Å². The van der Waals surface area contributed by atoms with E-state index in [-0.39, 0.29) is 0 Å². The van der Waals surface area contributed by atoms with Gasteiger partial charge in [0.1, 0.15) is 5.60 Å². The first-order valence-electron chi connectivity index (χ1n) is 5.29. The van der Waals surface area contributed by atoms with Crippen molar-refractivity contribution in [1.82, 2.24) is 0 Å². The fraction of sp³-hybridized carbons (Fsp3) is 0.417. The molecule has 1 aromatic rings. The molecule has 0 bridgehead atoms. The van der Waals surface area contributed by atoms with Crippen LogP contribution in [0.2, 0.25) is 0 Å². The normalized spacial score (nSPS) is 16.2. The van der Waals surface area contributed by atoms with Crippen molar-refractivity contribution in [3.63, 3.8) is 0 Å². The first-order chi connectivity index (χ1) is 7.49. The van der Waals surface area contributed by atoms with Crippen LogP contribution < -0.4 is 5.32 Å². The number of amides is 1. The minimum absolute atomic E-state index is 0.398. The molecule has 0 spiro atoms. The summed E-state index contributed by atoms with van der Waals surface area (Å²) in [6, 6.07) is 5.71. The SMILES string of the molecule is CC.CC1(C)OC(=O)Nc2ccc(Br)cc21. The zero-order valence-electron chi connectivity index (χ0n) is 9.93. The minimum atomic E-state index is -0.568. The van der Waals surface area contributed by atoms with Gasteiger partial charge in [0.2, 0.25) is 0 Å². The maximum atomic E-state index is 11.2. The fourth-order valence-electron chi connectivity index (χ4n) is 1.55. The Morgan fingerprint density at radius 1 is 1.31 bits per heavy atom. The number of hydrogen-bond donors (Lipinski definition) is 1. The van der Waals surface area contributed by atoms with Gasteiger partial charge < -0.3 is 4.74 Å². The van der Waals surface area contributed by atoms with E-state index in [0.29, 0.717) is 0 Å². The third kappa shape index (κ3) is 2.55. The first-order valence-corrected chi connectivity index (χ1v) is 6.08. The molecule has 0 aromatic heterocycles. The molecule has 0 unspecified atom stereocenters. The van der Waals surface area contributed by atoms with E-state index < -0.39 is 11.7 Å². The molecule has 0 aliphatic carbocycles. The van der Waals surface area contributed by atoms with Gasteiger partial charge in [0.25, 0.3) is 0 Å². The molecule has 0 atom stereocenters. The van der Waals surface area contributed by atoms with Gasteiger partial charge in [-0.05, 0) is 32.0 Å². The summed E-state index contributed by atoms with van der Waals surface area (Å²) in [6.07, 6.45) is -0.398. The average molecular weight is 286 g/mol. The molecule has 4 heteroatoms. The lowest BCUT2D eigenvalue weighted by atomic mass is 9.95. The predicted molar refractivity (Wildman–Crippen MR) is 68.6 cm³/mol. The molecule has 2 rings (SSSR count). The summed E-state index contributed by atoms with van der Waals surface area (Å²) < 4.78 is 6.16. The van der Waals surface area contributed by atoms with Gasteiger partial charge in [0, 0.05) is 10.0 Å². The van der Waals surface area contributed by atoms with Crippen molar-refractivity contribution in [3.05, 3.63) is 28.2 Å². The van der Waals surface area contributed by atoms with Crippen molar-refractivity contribution in [2.45, 2.75) is 33.3 Å². The van der Waals surface area contributed by atoms with Crippen LogP contribution in [0.5, 0.6) is 0 Å². The summed E-state index contributed by atoms with van der Waals surface area (Å²) in [4.78, 5) is 11.2. The van der Waals surface area contributed by atoms with Crippen LogP contribution in [0.4, 0.5) is 10.5 Å². The van der Waals surface area contributed by atoms with Crippen molar-refractivity contribution in [2.75, 3.05) is 5.32 Å². The minimum Gasteiger partial charge on any atom is -0.438 e. The first kappa shape index (κ1) is 13.0. The molecule has 0 saturated heterocycles. The van der Waals surface area contributed by atoms with Crippen LogP contribution in [0.3, 0.4) is 0 Å². The zero-order valence-corrected chi connectivity index (χ0v) is 11.5. The van der Waals surface area contributed by atoms with Crippen molar-refractivity contribution < 1.29 is 9.53 Å². The second kappa shape index (κ2) is 4.87. The Hall–Kier alpha value is -1.03. The van der Waals surface area contributed by atoms with Gasteiger partial charge in [-0.25, -0.2) is 4.79 Å². The monoisotopic (exact) mass is 285 g/mol. The van der Waals surface area contributed by atoms with E-state index in [2.05, 4.69) is 21.2 Å². The molecule has 1 aromatic carbocycles. The van der Waals surface area contributed by atoms with E-state index in [0.717, 1.165) is 15.7 Å². The highest BCUT2D eigenvalue weighted by molar-refractivity contribution is 9.10. The number of halogens is 1. The van der Waals surface area contributed by atoms with E-state index in [1.165, 1.54) is 0 Å².